The normalized spacial score (nSPS) is 16.0. The molecular weight excluding hydrogens is 268 g/mol. The van der Waals surface area contributed by atoms with E-state index < -0.39 is 5.97 Å². The Hall–Kier alpha value is -1.91. The van der Waals surface area contributed by atoms with Gasteiger partial charge in [-0.2, -0.15) is 0 Å². The Kier molecular flexibility index (Phi) is 4.94. The molecular formula is C16H22N2O3. The standard InChI is InChI=1S/C16H22N2O3/c1-11-3-5-14(12(2)17-11)16(21)18-9-7-13(8-10-18)4-6-15(19)20/h3,5,13H,4,6-10H2,1-2H3,(H,19,20). The monoisotopic (exact) mass is 290 g/mol. The highest BCUT2D eigenvalue weighted by Crippen LogP contribution is 2.23. The highest BCUT2D eigenvalue weighted by atomic mass is 16.4. The first-order valence-corrected chi connectivity index (χ1v) is 7.42. The number of carboxylic acid groups (broad SMARTS) is 1. The summed E-state index contributed by atoms with van der Waals surface area (Å²) in [5, 5.41) is 8.71. The molecule has 5 nitrogen and oxygen atoms in total. The Morgan fingerprint density at radius 2 is 1.95 bits per heavy atom. The second-order valence-electron chi connectivity index (χ2n) is 5.75. The molecule has 2 rings (SSSR count). The van der Waals surface area contributed by atoms with Crippen LogP contribution in [-0.4, -0.2) is 40.0 Å². The van der Waals surface area contributed by atoms with Crippen molar-refractivity contribution >= 4 is 11.9 Å². The number of carbonyl (C=O) groups excluding carboxylic acids is 1. The van der Waals surface area contributed by atoms with Crippen molar-refractivity contribution < 1.29 is 14.7 Å². The van der Waals surface area contributed by atoms with Crippen LogP contribution in [-0.2, 0) is 4.79 Å². The van der Waals surface area contributed by atoms with Crippen LogP contribution >= 0.6 is 0 Å². The van der Waals surface area contributed by atoms with E-state index in [9.17, 15) is 9.59 Å². The average Bonchev–Trinajstić information content (AvgIpc) is 2.45. The number of nitrogens with zero attached hydrogens (tertiary/aromatic N) is 2. The van der Waals surface area contributed by atoms with Gasteiger partial charge < -0.3 is 10.0 Å². The summed E-state index contributed by atoms with van der Waals surface area (Å²) >= 11 is 0. The Bertz CT molecular complexity index is 534. The number of amides is 1. The van der Waals surface area contributed by atoms with Crippen LogP contribution in [0.5, 0.6) is 0 Å². The maximum absolute atomic E-state index is 12.5. The summed E-state index contributed by atoms with van der Waals surface area (Å²) in [6.45, 7) is 5.18. The Morgan fingerprint density at radius 1 is 1.29 bits per heavy atom. The minimum atomic E-state index is -0.741. The van der Waals surface area contributed by atoms with Gasteiger partial charge in [0.2, 0.25) is 0 Å². The van der Waals surface area contributed by atoms with E-state index in [1.54, 1.807) is 0 Å². The van der Waals surface area contributed by atoms with Crippen LogP contribution in [0.1, 0.15) is 47.4 Å². The zero-order valence-electron chi connectivity index (χ0n) is 12.6. The largest absolute Gasteiger partial charge is 0.481 e. The van der Waals surface area contributed by atoms with Crippen molar-refractivity contribution in [2.24, 2.45) is 5.92 Å². The molecule has 0 unspecified atom stereocenters. The van der Waals surface area contributed by atoms with E-state index >= 15 is 0 Å². The lowest BCUT2D eigenvalue weighted by Crippen LogP contribution is -2.39. The fourth-order valence-corrected chi connectivity index (χ4v) is 2.84. The number of pyridine rings is 1. The molecule has 1 aliphatic rings. The molecule has 1 aliphatic heterocycles. The lowest BCUT2D eigenvalue weighted by atomic mass is 9.92. The first-order valence-electron chi connectivity index (χ1n) is 7.42. The van der Waals surface area contributed by atoms with Gasteiger partial charge in [-0.25, -0.2) is 0 Å². The van der Waals surface area contributed by atoms with E-state index in [0.717, 1.165) is 24.2 Å². The first-order chi connectivity index (χ1) is 9.97. The molecule has 0 saturated carbocycles. The maximum atomic E-state index is 12.5. The quantitative estimate of drug-likeness (QED) is 0.924. The number of piperidine rings is 1. The van der Waals surface area contributed by atoms with Gasteiger partial charge in [0.05, 0.1) is 11.3 Å². The smallest absolute Gasteiger partial charge is 0.303 e. The van der Waals surface area contributed by atoms with Gasteiger partial charge in [0.1, 0.15) is 0 Å². The number of aliphatic carboxylic acids is 1. The number of likely N-dealkylation sites (tertiary alicyclic amines) is 1. The SMILES string of the molecule is Cc1ccc(C(=O)N2CCC(CCC(=O)O)CC2)c(C)n1. The average molecular weight is 290 g/mol. The Labute approximate surface area is 125 Å². The van der Waals surface area contributed by atoms with Crippen molar-refractivity contribution in [3.8, 4) is 0 Å². The number of rotatable bonds is 4. The van der Waals surface area contributed by atoms with E-state index in [1.807, 2.05) is 30.9 Å². The third-order valence-corrected chi connectivity index (χ3v) is 4.12. The van der Waals surface area contributed by atoms with Gasteiger partial charge >= 0.3 is 5.97 Å². The molecule has 0 radical (unpaired) electrons. The number of hydrogen-bond donors (Lipinski definition) is 1. The maximum Gasteiger partial charge on any atom is 0.303 e. The molecule has 1 aromatic rings. The van der Waals surface area contributed by atoms with E-state index in [2.05, 4.69) is 4.98 Å². The fraction of sp³-hybridized carbons (Fsp3) is 0.562. The molecule has 1 fully saturated rings. The lowest BCUT2D eigenvalue weighted by Gasteiger charge is -2.32. The summed E-state index contributed by atoms with van der Waals surface area (Å²) in [6.07, 6.45) is 2.71. The Morgan fingerprint density at radius 3 is 2.52 bits per heavy atom. The zero-order chi connectivity index (χ0) is 15.4. The number of carbonyl (C=O) groups is 2. The van der Waals surface area contributed by atoms with E-state index in [4.69, 9.17) is 5.11 Å². The lowest BCUT2D eigenvalue weighted by molar-refractivity contribution is -0.137. The van der Waals surface area contributed by atoms with Crippen molar-refractivity contribution in [1.29, 1.82) is 0 Å². The van der Waals surface area contributed by atoms with Crippen molar-refractivity contribution in [1.82, 2.24) is 9.88 Å². The van der Waals surface area contributed by atoms with Crippen molar-refractivity contribution in [3.63, 3.8) is 0 Å². The van der Waals surface area contributed by atoms with Gasteiger partial charge in [-0.1, -0.05) is 0 Å². The molecule has 1 aromatic heterocycles. The summed E-state index contributed by atoms with van der Waals surface area (Å²) in [5.74, 6) is -0.283. The molecule has 1 N–H and O–H groups in total. The predicted octanol–water partition coefficient (Wildman–Crippen LogP) is 2.42. The van der Waals surface area contributed by atoms with Crippen LogP contribution in [0.15, 0.2) is 12.1 Å². The van der Waals surface area contributed by atoms with Crippen LogP contribution in [0.4, 0.5) is 0 Å². The first kappa shape index (κ1) is 15.5. The minimum Gasteiger partial charge on any atom is -0.481 e. The van der Waals surface area contributed by atoms with Crippen LogP contribution in [0.3, 0.4) is 0 Å². The molecule has 2 heterocycles. The van der Waals surface area contributed by atoms with Gasteiger partial charge in [0.25, 0.3) is 5.91 Å². The van der Waals surface area contributed by atoms with E-state index in [1.165, 1.54) is 0 Å². The van der Waals surface area contributed by atoms with Crippen LogP contribution in [0.2, 0.25) is 0 Å². The topological polar surface area (TPSA) is 70.5 Å². The number of aromatic nitrogens is 1. The zero-order valence-corrected chi connectivity index (χ0v) is 12.6. The van der Waals surface area contributed by atoms with E-state index in [0.29, 0.717) is 31.0 Å². The van der Waals surface area contributed by atoms with Gasteiger partial charge in [-0.3, -0.25) is 14.6 Å². The van der Waals surface area contributed by atoms with Crippen molar-refractivity contribution in [2.75, 3.05) is 13.1 Å². The van der Waals surface area contributed by atoms with E-state index in [-0.39, 0.29) is 12.3 Å². The van der Waals surface area contributed by atoms with Gasteiger partial charge in [0, 0.05) is 25.2 Å². The van der Waals surface area contributed by atoms with Crippen LogP contribution < -0.4 is 0 Å². The number of carboxylic acids is 1. The molecule has 1 amide bonds. The molecule has 0 aromatic carbocycles. The molecule has 0 aliphatic carbocycles. The predicted molar refractivity (Wildman–Crippen MR) is 79.2 cm³/mol. The van der Waals surface area contributed by atoms with Gasteiger partial charge in [-0.15, -0.1) is 0 Å². The third kappa shape index (κ3) is 4.03. The molecule has 114 valence electrons. The molecule has 0 bridgehead atoms. The molecule has 1 saturated heterocycles. The molecule has 5 heteroatoms. The third-order valence-electron chi connectivity index (χ3n) is 4.12. The minimum absolute atomic E-state index is 0.0386. The highest BCUT2D eigenvalue weighted by Gasteiger charge is 2.25. The summed E-state index contributed by atoms with van der Waals surface area (Å²) in [4.78, 5) is 29.3. The summed E-state index contributed by atoms with van der Waals surface area (Å²) in [6, 6.07) is 3.70. The second kappa shape index (κ2) is 6.70. The fourth-order valence-electron chi connectivity index (χ4n) is 2.84. The second-order valence-corrected chi connectivity index (χ2v) is 5.75. The van der Waals surface area contributed by atoms with Gasteiger partial charge in [-0.05, 0) is 51.2 Å². The Balaban J connectivity index is 1.92. The number of hydrogen-bond acceptors (Lipinski definition) is 3. The van der Waals surface area contributed by atoms with Crippen molar-refractivity contribution in [2.45, 2.75) is 39.5 Å². The summed E-state index contributed by atoms with van der Waals surface area (Å²) < 4.78 is 0. The highest BCUT2D eigenvalue weighted by molar-refractivity contribution is 5.95. The van der Waals surface area contributed by atoms with Crippen LogP contribution in [0.25, 0.3) is 0 Å². The van der Waals surface area contributed by atoms with Gasteiger partial charge in [0.15, 0.2) is 0 Å². The van der Waals surface area contributed by atoms with Crippen LogP contribution in [0, 0.1) is 19.8 Å². The summed E-state index contributed by atoms with van der Waals surface area (Å²) in [5.41, 5.74) is 2.36. The number of aryl methyl sites for hydroxylation is 2. The molecule has 21 heavy (non-hydrogen) atoms. The molecule has 0 spiro atoms. The summed E-state index contributed by atoms with van der Waals surface area (Å²) in [7, 11) is 0. The van der Waals surface area contributed by atoms with Crippen molar-refractivity contribution in [3.05, 3.63) is 29.1 Å². The molecule has 0 atom stereocenters.